The Morgan fingerprint density at radius 3 is 1.48 bits per heavy atom. The lowest BCUT2D eigenvalue weighted by atomic mass is 10.4. The van der Waals surface area contributed by atoms with Crippen molar-refractivity contribution in [3.63, 3.8) is 0 Å². The first-order valence-corrected chi connectivity index (χ1v) is 25.6. The Bertz CT molecular complexity index is 1980. The monoisotopic (exact) mass is 1000 g/mol. The van der Waals surface area contributed by atoms with Gasteiger partial charge in [0.1, 0.15) is 0 Å². The molecule has 4 heterocycles. The van der Waals surface area contributed by atoms with Gasteiger partial charge in [0.05, 0.1) is 48.5 Å². The average molecular weight is 1000 g/mol. The molecule has 0 atom stereocenters. The lowest BCUT2D eigenvalue weighted by Crippen LogP contribution is -2.43. The number of rotatable bonds is 24. The maximum absolute atomic E-state index is 13.1. The van der Waals surface area contributed by atoms with E-state index in [-0.39, 0.29) is 35.2 Å². The van der Waals surface area contributed by atoms with E-state index < -0.39 is 11.9 Å². The molecular formula is C34H48N16O4S8. The summed E-state index contributed by atoms with van der Waals surface area (Å²) in [5.74, 6) is 3.26. The molecule has 20 nitrogen and oxygen atoms in total. The number of carbonyl (C=O) groups is 2. The van der Waals surface area contributed by atoms with Crippen LogP contribution in [0, 0.1) is 13.8 Å². The molecule has 0 aliphatic heterocycles. The number of hydrogen-bond acceptors (Lipinski definition) is 18. The van der Waals surface area contributed by atoms with E-state index >= 15 is 0 Å². The van der Waals surface area contributed by atoms with Gasteiger partial charge in [0.2, 0.25) is 20.5 Å². The number of guanidine groups is 2. The van der Waals surface area contributed by atoms with E-state index in [9.17, 15) is 9.59 Å². The summed E-state index contributed by atoms with van der Waals surface area (Å²) in [4.78, 5) is 68.9. The van der Waals surface area contributed by atoms with Crippen LogP contribution in [0.3, 0.4) is 0 Å². The average Bonchev–Trinajstić information content (AvgIpc) is 4.05. The first kappa shape index (κ1) is 50.3. The fourth-order valence-electron chi connectivity index (χ4n) is 4.53. The predicted octanol–water partition coefficient (Wildman–Crippen LogP) is 3.33. The highest BCUT2D eigenvalue weighted by Crippen LogP contribution is 2.23. The van der Waals surface area contributed by atoms with Crippen LogP contribution in [-0.2, 0) is 42.3 Å². The summed E-state index contributed by atoms with van der Waals surface area (Å²) in [6.45, 7) is 5.45. The minimum Gasteiger partial charge on any atom is -0.370 e. The zero-order valence-corrected chi connectivity index (χ0v) is 40.3. The largest absolute Gasteiger partial charge is 0.370 e. The first-order valence-electron chi connectivity index (χ1n) is 18.5. The molecule has 4 aromatic rings. The van der Waals surface area contributed by atoms with Crippen LogP contribution in [0.4, 0.5) is 10.3 Å². The Kier molecular flexibility index (Phi) is 22.5. The number of thioether (sulfide) groups is 4. The minimum atomic E-state index is -0.837. The van der Waals surface area contributed by atoms with Crippen LogP contribution < -0.4 is 33.6 Å². The SMILES string of the molecule is Cc1[nH]cnc1CSCCNC(=S)N(CCSCc1csc(N=C(N)N)n1)OC(=O)/C=C\C(=O)ON(CCSCc1csc(N=C(N)N)n1)C(=S)NCCSCc1nc[nH]c1C. The van der Waals surface area contributed by atoms with Crippen molar-refractivity contribution in [2.24, 2.45) is 32.9 Å². The topological polar surface area (TPSA) is 295 Å². The lowest BCUT2D eigenvalue weighted by Gasteiger charge is -2.24. The van der Waals surface area contributed by atoms with Crippen LogP contribution in [0.5, 0.6) is 0 Å². The number of aliphatic imine (C=N–C) groups is 2. The molecule has 0 aromatic carbocycles. The van der Waals surface area contributed by atoms with Gasteiger partial charge in [-0.3, -0.25) is 0 Å². The number of imidazole rings is 2. The molecule has 0 aliphatic carbocycles. The second kappa shape index (κ2) is 27.7. The molecule has 336 valence electrons. The van der Waals surface area contributed by atoms with Crippen molar-refractivity contribution in [2.45, 2.75) is 36.9 Å². The second-order valence-corrected chi connectivity index (χ2v) is 19.2. The highest BCUT2D eigenvalue weighted by molar-refractivity contribution is 7.99. The molecule has 0 amide bonds. The minimum absolute atomic E-state index is 0.0661. The fourth-order valence-corrected chi connectivity index (χ4v) is 9.95. The number of aromatic amines is 2. The molecule has 0 spiro atoms. The number of aryl methyl sites for hydroxylation is 2. The number of carbonyl (C=O) groups excluding carboxylic acids is 2. The molecule has 0 unspecified atom stereocenters. The van der Waals surface area contributed by atoms with Crippen LogP contribution in [0.2, 0.25) is 0 Å². The number of nitrogens with one attached hydrogen (secondary N) is 4. The van der Waals surface area contributed by atoms with Crippen molar-refractivity contribution >= 4 is 139 Å². The van der Waals surface area contributed by atoms with Gasteiger partial charge in [0, 0.05) is 93.4 Å². The Morgan fingerprint density at radius 2 is 1.11 bits per heavy atom. The van der Waals surface area contributed by atoms with E-state index in [0.717, 1.165) is 69.3 Å². The molecule has 62 heavy (non-hydrogen) atoms. The summed E-state index contributed by atoms with van der Waals surface area (Å²) < 4.78 is 0. The smallest absolute Gasteiger partial charge is 0.356 e. The van der Waals surface area contributed by atoms with Crippen molar-refractivity contribution in [2.75, 3.05) is 49.2 Å². The molecule has 0 bridgehead atoms. The summed E-state index contributed by atoms with van der Waals surface area (Å²) >= 11 is 20.3. The van der Waals surface area contributed by atoms with Crippen LogP contribution >= 0.6 is 94.2 Å². The summed E-state index contributed by atoms with van der Waals surface area (Å²) in [5, 5.41) is 13.9. The summed E-state index contributed by atoms with van der Waals surface area (Å²) in [7, 11) is 0. The fraction of sp³-hybridized carbons (Fsp3) is 0.412. The standard InChI is InChI=1S/C34H48N16O4S8/c1-21-25(43-19-41-21)17-57-9-5-39-33(55)49(7-11-59-13-23-15-61-31(45-23)47-29(35)36)53-27(51)3-4-28(52)54-50(8-12-60-14-24-16-62-32(46-24)48-30(37)38)34(56)40-6-10-58-18-26-22(2)42-20-44-26/h3-4,15-16,19-20H,5-14,17-18H2,1-2H3,(H,39,55)(H,40,56)(H,41,43)(H,42,44)(H4,35,36,45,47)(H4,37,38,46,48)/b4-3-. The number of thiocarbonyl (C=S) groups is 2. The van der Waals surface area contributed by atoms with E-state index in [2.05, 4.69) is 50.5 Å². The number of H-pyrrole nitrogens is 2. The van der Waals surface area contributed by atoms with E-state index in [0.29, 0.717) is 46.4 Å². The predicted molar refractivity (Wildman–Crippen MR) is 262 cm³/mol. The van der Waals surface area contributed by atoms with E-state index in [1.807, 2.05) is 24.6 Å². The lowest BCUT2D eigenvalue weighted by molar-refractivity contribution is -0.168. The van der Waals surface area contributed by atoms with Gasteiger partial charge in [-0.1, -0.05) is 0 Å². The Labute approximate surface area is 394 Å². The third kappa shape index (κ3) is 19.4. The number of aromatic nitrogens is 6. The number of hydrogen-bond donors (Lipinski definition) is 8. The third-order valence-corrected chi connectivity index (χ3v) is 13.7. The van der Waals surface area contributed by atoms with Gasteiger partial charge in [-0.2, -0.15) is 67.2 Å². The third-order valence-electron chi connectivity index (χ3n) is 7.51. The number of nitrogens with two attached hydrogens (primary N) is 4. The van der Waals surface area contributed by atoms with Gasteiger partial charge in [0.15, 0.2) is 11.9 Å². The normalized spacial score (nSPS) is 10.9. The van der Waals surface area contributed by atoms with Gasteiger partial charge >= 0.3 is 11.9 Å². The Morgan fingerprint density at radius 1 is 0.710 bits per heavy atom. The van der Waals surface area contributed by atoms with Crippen molar-refractivity contribution in [3.8, 4) is 0 Å². The van der Waals surface area contributed by atoms with Crippen molar-refractivity contribution in [1.29, 1.82) is 0 Å². The van der Waals surface area contributed by atoms with Gasteiger partial charge in [-0.15, -0.1) is 22.7 Å². The zero-order valence-electron chi connectivity index (χ0n) is 33.7. The molecule has 28 heteroatoms. The van der Waals surface area contributed by atoms with Gasteiger partial charge in [-0.05, 0) is 38.3 Å². The second-order valence-electron chi connectivity index (χ2n) is 12.3. The van der Waals surface area contributed by atoms with Crippen LogP contribution in [-0.4, -0.2) is 123 Å². The summed E-state index contributed by atoms with van der Waals surface area (Å²) in [6.07, 6.45) is 5.29. The highest BCUT2D eigenvalue weighted by atomic mass is 32.2. The van der Waals surface area contributed by atoms with E-state index in [1.54, 1.807) is 59.7 Å². The summed E-state index contributed by atoms with van der Waals surface area (Å²) in [5.41, 5.74) is 27.5. The zero-order chi connectivity index (χ0) is 44.7. The van der Waals surface area contributed by atoms with Crippen LogP contribution in [0.15, 0.2) is 45.6 Å². The van der Waals surface area contributed by atoms with Crippen LogP contribution in [0.25, 0.3) is 0 Å². The quantitative estimate of drug-likeness (QED) is 0.0125. The first-order chi connectivity index (χ1) is 29.9. The molecule has 0 fully saturated rings. The molecular weight excluding hydrogens is 953 g/mol. The number of thiazole rings is 2. The van der Waals surface area contributed by atoms with Gasteiger partial charge < -0.3 is 53.2 Å². The molecule has 4 rings (SSSR count). The van der Waals surface area contributed by atoms with Crippen molar-refractivity contribution in [3.05, 3.63) is 69.7 Å². The van der Waals surface area contributed by atoms with E-state index in [4.69, 9.17) is 57.0 Å². The molecule has 0 saturated heterocycles. The van der Waals surface area contributed by atoms with Crippen LogP contribution in [0.1, 0.15) is 34.2 Å². The maximum atomic E-state index is 13.1. The maximum Gasteiger partial charge on any atom is 0.356 e. The molecule has 0 radical (unpaired) electrons. The molecule has 12 N–H and O–H groups in total. The van der Waals surface area contributed by atoms with Crippen molar-refractivity contribution in [1.82, 2.24) is 50.7 Å². The molecule has 0 aliphatic rings. The Balaban J connectivity index is 1.30. The number of nitrogens with zero attached hydrogens (tertiary/aromatic N) is 8. The highest BCUT2D eigenvalue weighted by Gasteiger charge is 2.18. The van der Waals surface area contributed by atoms with Crippen molar-refractivity contribution < 1.29 is 19.3 Å². The summed E-state index contributed by atoms with van der Waals surface area (Å²) in [6, 6.07) is 0. The van der Waals surface area contributed by atoms with Gasteiger partial charge in [-0.25, -0.2) is 29.5 Å². The van der Waals surface area contributed by atoms with Gasteiger partial charge in [0.25, 0.3) is 0 Å². The Hall–Kier alpha value is -4.32. The van der Waals surface area contributed by atoms with E-state index in [1.165, 1.54) is 32.8 Å². The molecule has 4 aromatic heterocycles. The number of hydroxylamine groups is 4. The molecule has 0 saturated carbocycles.